The summed E-state index contributed by atoms with van der Waals surface area (Å²) in [6.45, 7) is 3.28. The molecule has 2 aromatic heterocycles. The molecule has 0 radical (unpaired) electrons. The molecule has 2 aromatic carbocycles. The second-order valence-corrected chi connectivity index (χ2v) is 7.22. The van der Waals surface area contributed by atoms with Gasteiger partial charge < -0.3 is 14.3 Å². The van der Waals surface area contributed by atoms with Gasteiger partial charge in [-0.3, -0.25) is 14.5 Å². The van der Waals surface area contributed by atoms with Gasteiger partial charge in [-0.25, -0.2) is 4.98 Å². The van der Waals surface area contributed by atoms with Crippen LogP contribution in [0.15, 0.2) is 63.8 Å². The molecule has 5 rings (SSSR count). The van der Waals surface area contributed by atoms with E-state index in [0.29, 0.717) is 42.1 Å². The first-order chi connectivity index (χ1) is 14.2. The predicted octanol–water partition coefficient (Wildman–Crippen LogP) is 2.63. The summed E-state index contributed by atoms with van der Waals surface area (Å²) in [6, 6.07) is 16.9. The molecule has 0 spiro atoms. The Hall–Kier alpha value is -3.45. The lowest BCUT2D eigenvalue weighted by Gasteiger charge is -2.34. The number of H-pyrrole nitrogens is 1. The van der Waals surface area contributed by atoms with Crippen LogP contribution in [0.1, 0.15) is 16.2 Å². The number of benzene rings is 2. The predicted molar refractivity (Wildman–Crippen MR) is 110 cm³/mol. The minimum Gasteiger partial charge on any atom is -0.449 e. The smallest absolute Gasteiger partial charge is 0.294 e. The Kier molecular flexibility index (Phi) is 4.37. The molecule has 3 heterocycles. The van der Waals surface area contributed by atoms with Gasteiger partial charge in [0.2, 0.25) is 5.58 Å². The van der Waals surface area contributed by atoms with Crippen molar-refractivity contribution >= 4 is 28.0 Å². The van der Waals surface area contributed by atoms with Crippen LogP contribution in [0, 0.1) is 0 Å². The lowest BCUT2D eigenvalue weighted by molar-refractivity contribution is 0.0625. The average molecular weight is 388 g/mol. The summed E-state index contributed by atoms with van der Waals surface area (Å²) in [6.07, 6.45) is 0. The maximum atomic E-state index is 12.6. The third-order valence-electron chi connectivity index (χ3n) is 5.33. The lowest BCUT2D eigenvalue weighted by atomic mass is 10.2. The van der Waals surface area contributed by atoms with Crippen molar-refractivity contribution in [1.82, 2.24) is 19.8 Å². The lowest BCUT2D eigenvalue weighted by Crippen LogP contribution is -2.48. The molecule has 7 heteroatoms. The van der Waals surface area contributed by atoms with Crippen molar-refractivity contribution in [3.8, 4) is 0 Å². The molecule has 0 atom stereocenters. The van der Waals surface area contributed by atoms with Crippen LogP contribution in [-0.4, -0.2) is 51.9 Å². The van der Waals surface area contributed by atoms with E-state index < -0.39 is 0 Å². The first-order valence-electron chi connectivity index (χ1n) is 9.66. The van der Waals surface area contributed by atoms with Crippen LogP contribution in [0.25, 0.3) is 22.1 Å². The molecular formula is C22H20N4O3. The standard InChI is InChI=1S/C22H20N4O3/c27-21-20-19(16-8-4-5-9-17(16)29-20)23-18(24-21)14-25-10-12-26(13-11-25)22(28)15-6-2-1-3-7-15/h1-9H,10-14H2,(H,23,24,27). The summed E-state index contributed by atoms with van der Waals surface area (Å²) in [5, 5.41) is 0.841. The SMILES string of the molecule is O=C(c1ccccc1)N1CCN(Cc2nc3c(oc4ccccc43)c(=O)[nH]2)CC1. The molecule has 1 saturated heterocycles. The quantitative estimate of drug-likeness (QED) is 0.583. The van der Waals surface area contributed by atoms with Gasteiger partial charge in [0, 0.05) is 37.1 Å². The van der Waals surface area contributed by atoms with Crippen molar-refractivity contribution < 1.29 is 9.21 Å². The van der Waals surface area contributed by atoms with Crippen molar-refractivity contribution in [2.24, 2.45) is 0 Å². The number of furan rings is 1. The number of aromatic nitrogens is 2. The van der Waals surface area contributed by atoms with E-state index in [1.165, 1.54) is 0 Å². The molecule has 1 N–H and O–H groups in total. The molecule has 1 amide bonds. The van der Waals surface area contributed by atoms with E-state index in [1.807, 2.05) is 59.5 Å². The molecule has 0 unspecified atom stereocenters. The van der Waals surface area contributed by atoms with Crippen molar-refractivity contribution in [3.05, 3.63) is 76.3 Å². The number of piperazine rings is 1. The minimum atomic E-state index is -0.265. The van der Waals surface area contributed by atoms with Crippen molar-refractivity contribution in [3.63, 3.8) is 0 Å². The maximum Gasteiger partial charge on any atom is 0.294 e. The zero-order valence-corrected chi connectivity index (χ0v) is 15.8. The topological polar surface area (TPSA) is 82.4 Å². The molecule has 4 aromatic rings. The van der Waals surface area contributed by atoms with Gasteiger partial charge >= 0.3 is 0 Å². The van der Waals surface area contributed by atoms with E-state index in [9.17, 15) is 9.59 Å². The summed E-state index contributed by atoms with van der Waals surface area (Å²) < 4.78 is 5.65. The van der Waals surface area contributed by atoms with Gasteiger partial charge in [-0.1, -0.05) is 30.3 Å². The summed E-state index contributed by atoms with van der Waals surface area (Å²) in [5.41, 5.74) is 1.96. The van der Waals surface area contributed by atoms with E-state index in [2.05, 4.69) is 14.9 Å². The molecule has 1 fully saturated rings. The summed E-state index contributed by atoms with van der Waals surface area (Å²) >= 11 is 0. The average Bonchev–Trinajstić information content (AvgIpc) is 3.14. The fourth-order valence-electron chi connectivity index (χ4n) is 3.81. The van der Waals surface area contributed by atoms with Crippen LogP contribution in [0.5, 0.6) is 0 Å². The largest absolute Gasteiger partial charge is 0.449 e. The second kappa shape index (κ2) is 7.18. The molecule has 146 valence electrons. The fourth-order valence-corrected chi connectivity index (χ4v) is 3.81. The van der Waals surface area contributed by atoms with Gasteiger partial charge in [0.05, 0.1) is 6.54 Å². The number of hydrogen-bond donors (Lipinski definition) is 1. The van der Waals surface area contributed by atoms with Gasteiger partial charge in [0.1, 0.15) is 16.9 Å². The van der Waals surface area contributed by atoms with E-state index >= 15 is 0 Å². The number of rotatable bonds is 3. The Labute approximate surface area is 166 Å². The monoisotopic (exact) mass is 388 g/mol. The maximum absolute atomic E-state index is 12.6. The van der Waals surface area contributed by atoms with Crippen LogP contribution >= 0.6 is 0 Å². The summed E-state index contributed by atoms with van der Waals surface area (Å²) in [4.78, 5) is 36.6. The van der Waals surface area contributed by atoms with Gasteiger partial charge in [0.25, 0.3) is 11.5 Å². The highest BCUT2D eigenvalue weighted by molar-refractivity contribution is 6.01. The highest BCUT2D eigenvalue weighted by atomic mass is 16.3. The van der Waals surface area contributed by atoms with E-state index in [-0.39, 0.29) is 17.0 Å². The highest BCUT2D eigenvalue weighted by Crippen LogP contribution is 2.24. The number of nitrogens with zero attached hydrogens (tertiary/aromatic N) is 3. The molecule has 7 nitrogen and oxygen atoms in total. The van der Waals surface area contributed by atoms with Crippen molar-refractivity contribution in [2.75, 3.05) is 26.2 Å². The number of aromatic amines is 1. The van der Waals surface area contributed by atoms with Gasteiger partial charge in [0.15, 0.2) is 0 Å². The molecule has 0 aliphatic carbocycles. The number of carbonyl (C=O) groups is 1. The number of hydrogen-bond acceptors (Lipinski definition) is 5. The highest BCUT2D eigenvalue weighted by Gasteiger charge is 2.23. The number of nitrogens with one attached hydrogen (secondary N) is 1. The van der Waals surface area contributed by atoms with Crippen molar-refractivity contribution in [2.45, 2.75) is 6.54 Å². The fraction of sp³-hybridized carbons (Fsp3) is 0.227. The zero-order valence-electron chi connectivity index (χ0n) is 15.8. The molecule has 1 aliphatic heterocycles. The van der Waals surface area contributed by atoms with Crippen molar-refractivity contribution in [1.29, 1.82) is 0 Å². The Morgan fingerprint density at radius 1 is 1.00 bits per heavy atom. The Balaban J connectivity index is 1.31. The molecule has 0 saturated carbocycles. The van der Waals surface area contributed by atoms with Crippen LogP contribution in [0.4, 0.5) is 0 Å². The molecular weight excluding hydrogens is 368 g/mol. The van der Waals surface area contributed by atoms with Gasteiger partial charge in [-0.2, -0.15) is 0 Å². The number of fused-ring (bicyclic) bond motifs is 3. The third-order valence-corrected chi connectivity index (χ3v) is 5.33. The number of carbonyl (C=O) groups excluding carboxylic acids is 1. The van der Waals surface area contributed by atoms with E-state index in [0.717, 1.165) is 18.5 Å². The normalized spacial score (nSPS) is 15.2. The Morgan fingerprint density at radius 3 is 2.52 bits per heavy atom. The van der Waals surface area contributed by atoms with Gasteiger partial charge in [-0.15, -0.1) is 0 Å². The molecule has 1 aliphatic rings. The first kappa shape index (κ1) is 17.6. The third kappa shape index (κ3) is 3.30. The molecule has 29 heavy (non-hydrogen) atoms. The Morgan fingerprint density at radius 2 is 1.72 bits per heavy atom. The summed E-state index contributed by atoms with van der Waals surface area (Å²) in [5.74, 6) is 0.667. The molecule has 0 bridgehead atoms. The van der Waals surface area contributed by atoms with Gasteiger partial charge in [-0.05, 0) is 24.3 Å². The number of amides is 1. The summed E-state index contributed by atoms with van der Waals surface area (Å²) in [7, 11) is 0. The minimum absolute atomic E-state index is 0.0584. The van der Waals surface area contributed by atoms with Crippen LogP contribution in [-0.2, 0) is 6.54 Å². The van der Waals surface area contributed by atoms with Crippen LogP contribution in [0.2, 0.25) is 0 Å². The second-order valence-electron chi connectivity index (χ2n) is 7.22. The number of para-hydroxylation sites is 1. The van der Waals surface area contributed by atoms with E-state index in [4.69, 9.17) is 4.42 Å². The van der Waals surface area contributed by atoms with E-state index in [1.54, 1.807) is 0 Å². The first-order valence-corrected chi connectivity index (χ1v) is 9.66. The van der Waals surface area contributed by atoms with Crippen LogP contribution in [0.3, 0.4) is 0 Å². The van der Waals surface area contributed by atoms with Crippen LogP contribution < -0.4 is 5.56 Å². The Bertz CT molecular complexity index is 1240. The zero-order chi connectivity index (χ0) is 19.8.